The molecule has 0 aliphatic carbocycles. The van der Waals surface area contributed by atoms with Crippen molar-refractivity contribution in [3.8, 4) is 11.5 Å². The number of aromatic nitrogens is 2. The molecule has 25 heavy (non-hydrogen) atoms. The predicted octanol–water partition coefficient (Wildman–Crippen LogP) is 5.02. The van der Waals surface area contributed by atoms with Crippen LogP contribution in [0, 0.1) is 0 Å². The number of aromatic amines is 1. The summed E-state index contributed by atoms with van der Waals surface area (Å²) < 4.78 is 5.93. The lowest BCUT2D eigenvalue weighted by Gasteiger charge is -2.11. The van der Waals surface area contributed by atoms with Crippen molar-refractivity contribution in [3.63, 3.8) is 0 Å². The van der Waals surface area contributed by atoms with Gasteiger partial charge in [0.1, 0.15) is 11.5 Å². The lowest BCUT2D eigenvalue weighted by molar-refractivity contribution is 0.481. The molecule has 1 heterocycles. The van der Waals surface area contributed by atoms with Crippen LogP contribution in [0.3, 0.4) is 0 Å². The van der Waals surface area contributed by atoms with Gasteiger partial charge in [0.05, 0.1) is 5.69 Å². The van der Waals surface area contributed by atoms with Gasteiger partial charge >= 0.3 is 0 Å². The number of aryl methyl sites for hydroxylation is 1. The molecule has 2 aromatic carbocycles. The number of halogens is 2. The number of hydrogen-bond acceptors (Lipinski definition) is 3. The van der Waals surface area contributed by atoms with Crippen LogP contribution in [0.4, 0.5) is 0 Å². The number of hydrogen-bond donors (Lipinski definition) is 1. The fourth-order valence-corrected chi connectivity index (χ4v) is 3.00. The van der Waals surface area contributed by atoms with Crippen molar-refractivity contribution < 1.29 is 4.74 Å². The first kappa shape index (κ1) is 17.5. The molecule has 0 spiro atoms. The van der Waals surface area contributed by atoms with E-state index in [0.717, 1.165) is 23.2 Å². The highest BCUT2D eigenvalue weighted by atomic mass is 35.5. The minimum Gasteiger partial charge on any atom is -0.457 e. The van der Waals surface area contributed by atoms with E-state index in [-0.39, 0.29) is 5.56 Å². The van der Waals surface area contributed by atoms with Gasteiger partial charge in [-0.2, -0.15) is 5.10 Å². The summed E-state index contributed by atoms with van der Waals surface area (Å²) in [6.07, 6.45) is 1.47. The Labute approximate surface area is 155 Å². The van der Waals surface area contributed by atoms with E-state index in [4.69, 9.17) is 27.9 Å². The summed E-state index contributed by atoms with van der Waals surface area (Å²) in [6.45, 7) is 2.08. The molecule has 6 heteroatoms. The van der Waals surface area contributed by atoms with Gasteiger partial charge < -0.3 is 4.74 Å². The molecular formula is C19H16Cl2N2O2. The lowest BCUT2D eigenvalue weighted by Crippen LogP contribution is -2.07. The highest BCUT2D eigenvalue weighted by Crippen LogP contribution is 2.30. The Hall–Kier alpha value is -2.30. The van der Waals surface area contributed by atoms with Crippen LogP contribution in [0.15, 0.2) is 53.3 Å². The highest BCUT2D eigenvalue weighted by Gasteiger charge is 2.06. The van der Waals surface area contributed by atoms with Gasteiger partial charge in [0, 0.05) is 22.5 Å². The lowest BCUT2D eigenvalue weighted by atomic mass is 10.0. The van der Waals surface area contributed by atoms with Gasteiger partial charge in [0.2, 0.25) is 0 Å². The highest BCUT2D eigenvalue weighted by molar-refractivity contribution is 6.34. The van der Waals surface area contributed by atoms with Gasteiger partial charge in [0.15, 0.2) is 0 Å². The van der Waals surface area contributed by atoms with Crippen molar-refractivity contribution in [1.29, 1.82) is 0 Å². The van der Waals surface area contributed by atoms with E-state index in [9.17, 15) is 4.79 Å². The minimum absolute atomic E-state index is 0.215. The Kier molecular flexibility index (Phi) is 5.41. The van der Waals surface area contributed by atoms with E-state index in [0.29, 0.717) is 28.0 Å². The second-order valence-corrected chi connectivity index (χ2v) is 6.51. The van der Waals surface area contributed by atoms with Crippen LogP contribution < -0.4 is 10.3 Å². The average molecular weight is 375 g/mol. The Balaban J connectivity index is 1.88. The molecule has 0 saturated carbocycles. The first-order valence-electron chi connectivity index (χ1n) is 7.83. The number of H-pyrrole nitrogens is 1. The SMILES string of the molecule is CCc1cc(Cc2ccc(=O)[nH]n2)cc(Oc2cc(Cl)cc(Cl)c2)c1. The third-order valence-electron chi connectivity index (χ3n) is 3.63. The molecule has 3 aromatic rings. The van der Waals surface area contributed by atoms with Crippen molar-refractivity contribution in [1.82, 2.24) is 10.2 Å². The zero-order chi connectivity index (χ0) is 17.8. The fraction of sp³-hybridized carbons (Fsp3) is 0.158. The smallest absolute Gasteiger partial charge is 0.264 e. The van der Waals surface area contributed by atoms with Crippen LogP contribution >= 0.6 is 23.2 Å². The molecule has 1 aromatic heterocycles. The summed E-state index contributed by atoms with van der Waals surface area (Å²) in [5.41, 5.74) is 2.75. The molecule has 0 aliphatic heterocycles. The quantitative estimate of drug-likeness (QED) is 0.681. The number of benzene rings is 2. The molecular weight excluding hydrogens is 359 g/mol. The predicted molar refractivity (Wildman–Crippen MR) is 100 cm³/mol. The van der Waals surface area contributed by atoms with Crippen molar-refractivity contribution in [3.05, 3.63) is 85.8 Å². The molecule has 1 N–H and O–H groups in total. The van der Waals surface area contributed by atoms with E-state index < -0.39 is 0 Å². The van der Waals surface area contributed by atoms with E-state index in [1.54, 1.807) is 24.3 Å². The Morgan fingerprint density at radius 1 is 0.960 bits per heavy atom. The fourth-order valence-electron chi connectivity index (χ4n) is 2.50. The first-order valence-corrected chi connectivity index (χ1v) is 8.59. The largest absolute Gasteiger partial charge is 0.457 e. The van der Waals surface area contributed by atoms with Gasteiger partial charge in [-0.05, 0) is 53.9 Å². The van der Waals surface area contributed by atoms with E-state index in [1.807, 2.05) is 12.1 Å². The maximum atomic E-state index is 11.1. The van der Waals surface area contributed by atoms with Gasteiger partial charge in [-0.25, -0.2) is 5.10 Å². The Morgan fingerprint density at radius 2 is 1.64 bits per heavy atom. The molecule has 3 rings (SSSR count). The van der Waals surface area contributed by atoms with Gasteiger partial charge in [0.25, 0.3) is 5.56 Å². The number of rotatable bonds is 5. The van der Waals surface area contributed by atoms with Crippen LogP contribution in [0.25, 0.3) is 0 Å². The number of nitrogens with one attached hydrogen (secondary N) is 1. The van der Waals surface area contributed by atoms with Crippen molar-refractivity contribution >= 4 is 23.2 Å². The second kappa shape index (κ2) is 7.72. The van der Waals surface area contributed by atoms with Gasteiger partial charge in [-0.1, -0.05) is 36.2 Å². The second-order valence-electron chi connectivity index (χ2n) is 5.64. The summed E-state index contributed by atoms with van der Waals surface area (Å²) >= 11 is 12.0. The monoisotopic (exact) mass is 374 g/mol. The molecule has 128 valence electrons. The summed E-state index contributed by atoms with van der Waals surface area (Å²) in [5.74, 6) is 1.29. The molecule has 0 atom stereocenters. The van der Waals surface area contributed by atoms with Gasteiger partial charge in [-0.15, -0.1) is 0 Å². The topological polar surface area (TPSA) is 55.0 Å². The van der Waals surface area contributed by atoms with E-state index in [1.165, 1.54) is 6.07 Å². The van der Waals surface area contributed by atoms with Crippen molar-refractivity contribution in [2.45, 2.75) is 19.8 Å². The summed E-state index contributed by atoms with van der Waals surface area (Å²) in [5, 5.41) is 7.54. The molecule has 0 unspecified atom stereocenters. The molecule has 4 nitrogen and oxygen atoms in total. The third kappa shape index (κ3) is 4.84. The molecule has 0 radical (unpaired) electrons. The van der Waals surface area contributed by atoms with Crippen LogP contribution in [0.2, 0.25) is 10.0 Å². The number of nitrogens with zero attached hydrogens (tertiary/aromatic N) is 1. The summed E-state index contributed by atoms with van der Waals surface area (Å²) in [4.78, 5) is 11.1. The zero-order valence-electron chi connectivity index (χ0n) is 13.6. The number of ether oxygens (including phenoxy) is 1. The standard InChI is InChI=1S/C19H16Cl2N2O2/c1-2-12-5-13(6-16-3-4-19(24)23-22-16)8-17(7-12)25-18-10-14(20)9-15(21)11-18/h3-5,7-11H,2,6H2,1H3,(H,23,24). The molecule has 0 aliphatic rings. The Bertz CT molecular complexity index is 914. The van der Waals surface area contributed by atoms with Crippen molar-refractivity contribution in [2.75, 3.05) is 0 Å². The van der Waals surface area contributed by atoms with Gasteiger partial charge in [-0.3, -0.25) is 4.79 Å². The molecule has 0 fully saturated rings. The normalized spacial score (nSPS) is 10.7. The summed E-state index contributed by atoms with van der Waals surface area (Å²) in [6, 6.07) is 14.3. The summed E-state index contributed by atoms with van der Waals surface area (Å²) in [7, 11) is 0. The maximum Gasteiger partial charge on any atom is 0.264 e. The van der Waals surface area contributed by atoms with Crippen LogP contribution in [-0.2, 0) is 12.8 Å². The average Bonchev–Trinajstić information content (AvgIpc) is 2.56. The first-order chi connectivity index (χ1) is 12.0. The van der Waals surface area contributed by atoms with Crippen LogP contribution in [0.5, 0.6) is 11.5 Å². The Morgan fingerprint density at radius 3 is 2.28 bits per heavy atom. The van der Waals surface area contributed by atoms with Crippen molar-refractivity contribution in [2.24, 2.45) is 0 Å². The van der Waals surface area contributed by atoms with E-state index >= 15 is 0 Å². The minimum atomic E-state index is -0.215. The molecule has 0 amide bonds. The molecule has 0 saturated heterocycles. The van der Waals surface area contributed by atoms with Crippen LogP contribution in [-0.4, -0.2) is 10.2 Å². The van der Waals surface area contributed by atoms with E-state index in [2.05, 4.69) is 23.2 Å². The zero-order valence-corrected chi connectivity index (χ0v) is 15.1. The molecule has 0 bridgehead atoms. The maximum absolute atomic E-state index is 11.1. The third-order valence-corrected chi connectivity index (χ3v) is 4.06. The van der Waals surface area contributed by atoms with Crippen LogP contribution in [0.1, 0.15) is 23.7 Å².